The molecule has 0 fully saturated rings. The van der Waals surface area contributed by atoms with Crippen LogP contribution in [-0.2, 0) is 6.18 Å². The molecule has 1 aromatic carbocycles. The fraction of sp³-hybridized carbons (Fsp3) is 0.167. The van der Waals surface area contributed by atoms with Gasteiger partial charge in [-0.3, -0.25) is 0 Å². The summed E-state index contributed by atoms with van der Waals surface area (Å²) >= 11 is 3.19. The Bertz CT molecular complexity index is 619. The third-order valence-corrected chi connectivity index (χ3v) is 2.90. The number of rotatable bonds is 3. The smallest absolute Gasteiger partial charge is 0.416 e. The van der Waals surface area contributed by atoms with Crippen LogP contribution in [0.25, 0.3) is 0 Å². The average Bonchev–Trinajstić information content (AvgIpc) is 2.40. The van der Waals surface area contributed by atoms with E-state index < -0.39 is 11.7 Å². The quantitative estimate of drug-likeness (QED) is 0.911. The molecule has 0 amide bonds. The van der Waals surface area contributed by atoms with Crippen molar-refractivity contribution in [3.63, 3.8) is 0 Å². The Hall–Kier alpha value is -1.83. The van der Waals surface area contributed by atoms with E-state index >= 15 is 0 Å². The minimum atomic E-state index is -4.39. The molecule has 106 valence electrons. The second-order valence-corrected chi connectivity index (χ2v) is 4.61. The summed E-state index contributed by atoms with van der Waals surface area (Å²) < 4.78 is 43.3. The lowest BCUT2D eigenvalue weighted by Gasteiger charge is -2.10. The van der Waals surface area contributed by atoms with Crippen molar-refractivity contribution < 1.29 is 17.9 Å². The molecule has 0 aliphatic heterocycles. The van der Waals surface area contributed by atoms with Gasteiger partial charge >= 0.3 is 6.18 Å². The molecule has 8 heteroatoms. The summed E-state index contributed by atoms with van der Waals surface area (Å²) in [5.74, 6) is 0.429. The monoisotopic (exact) mass is 347 g/mol. The van der Waals surface area contributed by atoms with Gasteiger partial charge < -0.3 is 10.1 Å². The van der Waals surface area contributed by atoms with E-state index in [0.717, 1.165) is 12.1 Å². The molecule has 0 atom stereocenters. The summed E-state index contributed by atoms with van der Waals surface area (Å²) in [6.07, 6.45) is -2.95. The second-order valence-electron chi connectivity index (χ2n) is 3.75. The number of halogens is 4. The summed E-state index contributed by atoms with van der Waals surface area (Å²) in [6.45, 7) is 0. The molecule has 0 saturated heterocycles. The summed E-state index contributed by atoms with van der Waals surface area (Å²) in [6, 6.07) is 4.78. The maximum atomic E-state index is 12.6. The molecule has 0 bridgehead atoms. The summed E-state index contributed by atoms with van der Waals surface area (Å²) in [7, 11) is 1.43. The van der Waals surface area contributed by atoms with E-state index in [1.807, 2.05) is 0 Å². The molecule has 2 aromatic rings. The number of ether oxygens (including phenoxy) is 1. The van der Waals surface area contributed by atoms with Crippen molar-refractivity contribution in [2.75, 3.05) is 12.4 Å². The molecule has 0 unspecified atom stereocenters. The molecule has 20 heavy (non-hydrogen) atoms. The van der Waals surface area contributed by atoms with Crippen molar-refractivity contribution in [2.45, 2.75) is 6.18 Å². The highest BCUT2D eigenvalue weighted by Crippen LogP contribution is 2.31. The van der Waals surface area contributed by atoms with E-state index in [0.29, 0.717) is 4.47 Å². The van der Waals surface area contributed by atoms with Crippen LogP contribution in [0.15, 0.2) is 34.9 Å². The third-order valence-electron chi connectivity index (χ3n) is 2.35. The van der Waals surface area contributed by atoms with Crippen LogP contribution in [0.3, 0.4) is 0 Å². The highest BCUT2D eigenvalue weighted by Gasteiger charge is 2.30. The highest BCUT2D eigenvalue weighted by atomic mass is 79.9. The molecule has 4 nitrogen and oxygen atoms in total. The number of anilines is 2. The molecule has 1 N–H and O–H groups in total. The Morgan fingerprint density at radius 3 is 2.70 bits per heavy atom. The second kappa shape index (κ2) is 5.66. The fourth-order valence-electron chi connectivity index (χ4n) is 1.46. The average molecular weight is 348 g/mol. The Morgan fingerprint density at radius 1 is 1.30 bits per heavy atom. The van der Waals surface area contributed by atoms with E-state index in [1.54, 1.807) is 0 Å². The minimum absolute atomic E-state index is 0.143. The number of nitrogens with zero attached hydrogens (tertiary/aromatic N) is 2. The van der Waals surface area contributed by atoms with Gasteiger partial charge in [-0.2, -0.15) is 18.2 Å². The molecular formula is C12H9BrF3N3O. The number of aromatic nitrogens is 2. The fourth-order valence-corrected chi connectivity index (χ4v) is 1.81. The van der Waals surface area contributed by atoms with Gasteiger partial charge in [0.1, 0.15) is 0 Å². The van der Waals surface area contributed by atoms with E-state index in [9.17, 15) is 13.2 Å². The van der Waals surface area contributed by atoms with Crippen LogP contribution in [0.4, 0.5) is 24.8 Å². The zero-order chi connectivity index (χ0) is 14.8. The zero-order valence-corrected chi connectivity index (χ0v) is 11.8. The first-order chi connectivity index (χ1) is 9.40. The SMILES string of the molecule is COc1nc(Nc2cccc(C(F)(F)F)c2)ncc1Br. The molecule has 0 radical (unpaired) electrons. The van der Waals surface area contributed by atoms with Crippen molar-refractivity contribution >= 4 is 27.6 Å². The van der Waals surface area contributed by atoms with Crippen molar-refractivity contribution in [1.82, 2.24) is 9.97 Å². The van der Waals surface area contributed by atoms with Crippen LogP contribution in [0.1, 0.15) is 5.56 Å². The van der Waals surface area contributed by atoms with Crippen LogP contribution in [0.2, 0.25) is 0 Å². The van der Waals surface area contributed by atoms with Crippen molar-refractivity contribution in [2.24, 2.45) is 0 Å². The van der Waals surface area contributed by atoms with Gasteiger partial charge in [0.2, 0.25) is 11.8 Å². The number of nitrogens with one attached hydrogen (secondary N) is 1. The molecule has 0 saturated carbocycles. The number of hydrogen-bond donors (Lipinski definition) is 1. The van der Waals surface area contributed by atoms with E-state index in [1.165, 1.54) is 25.4 Å². The molecular weight excluding hydrogens is 339 g/mol. The van der Waals surface area contributed by atoms with Crippen molar-refractivity contribution in [1.29, 1.82) is 0 Å². The van der Waals surface area contributed by atoms with E-state index in [2.05, 4.69) is 31.2 Å². The Kier molecular flexibility index (Phi) is 4.12. The maximum Gasteiger partial charge on any atom is 0.416 e. The van der Waals surface area contributed by atoms with Crippen LogP contribution in [0.5, 0.6) is 5.88 Å². The minimum Gasteiger partial charge on any atom is -0.480 e. The standard InChI is InChI=1S/C12H9BrF3N3O/c1-20-10-9(13)6-17-11(19-10)18-8-4-2-3-7(5-8)12(14,15)16/h2-6H,1H3,(H,17,18,19). The van der Waals surface area contributed by atoms with Crippen molar-refractivity contribution in [3.05, 3.63) is 40.5 Å². The number of alkyl halides is 3. The number of hydrogen-bond acceptors (Lipinski definition) is 4. The van der Waals surface area contributed by atoms with Crippen molar-refractivity contribution in [3.8, 4) is 5.88 Å². The Balaban J connectivity index is 2.26. The molecule has 2 rings (SSSR count). The lowest BCUT2D eigenvalue weighted by Crippen LogP contribution is -2.06. The third kappa shape index (κ3) is 3.38. The molecule has 1 heterocycles. The summed E-state index contributed by atoms with van der Waals surface area (Å²) in [4.78, 5) is 7.95. The van der Waals surface area contributed by atoms with Crippen LogP contribution in [-0.4, -0.2) is 17.1 Å². The van der Waals surface area contributed by atoms with Gasteiger partial charge in [-0.15, -0.1) is 0 Å². The lowest BCUT2D eigenvalue weighted by molar-refractivity contribution is -0.137. The topological polar surface area (TPSA) is 47.0 Å². The first-order valence-electron chi connectivity index (χ1n) is 5.41. The zero-order valence-electron chi connectivity index (χ0n) is 10.2. The highest BCUT2D eigenvalue weighted by molar-refractivity contribution is 9.10. The number of methoxy groups -OCH3 is 1. The maximum absolute atomic E-state index is 12.6. The predicted octanol–water partition coefficient (Wildman–Crippen LogP) is 4.01. The van der Waals surface area contributed by atoms with E-state index in [4.69, 9.17) is 4.74 Å². The lowest BCUT2D eigenvalue weighted by atomic mass is 10.2. The molecule has 0 aliphatic carbocycles. The van der Waals surface area contributed by atoms with Gasteiger partial charge in [0.05, 0.1) is 23.3 Å². The molecule has 1 aromatic heterocycles. The normalized spacial score (nSPS) is 11.2. The summed E-state index contributed by atoms with van der Waals surface area (Å²) in [5, 5.41) is 2.70. The summed E-state index contributed by atoms with van der Waals surface area (Å²) in [5.41, 5.74) is -0.504. The first kappa shape index (κ1) is 14.6. The Morgan fingerprint density at radius 2 is 2.05 bits per heavy atom. The van der Waals surface area contributed by atoms with Gasteiger partial charge in [0.15, 0.2) is 0 Å². The van der Waals surface area contributed by atoms with Gasteiger partial charge in [0.25, 0.3) is 0 Å². The first-order valence-corrected chi connectivity index (χ1v) is 6.20. The molecule has 0 aliphatic rings. The van der Waals surface area contributed by atoms with Gasteiger partial charge in [-0.1, -0.05) is 6.07 Å². The van der Waals surface area contributed by atoms with Gasteiger partial charge in [-0.05, 0) is 34.1 Å². The van der Waals surface area contributed by atoms with Crippen LogP contribution >= 0.6 is 15.9 Å². The van der Waals surface area contributed by atoms with Crippen LogP contribution < -0.4 is 10.1 Å². The molecule has 0 spiro atoms. The van der Waals surface area contributed by atoms with Gasteiger partial charge in [0, 0.05) is 5.69 Å². The van der Waals surface area contributed by atoms with Crippen LogP contribution in [0, 0.1) is 0 Å². The Labute approximate surface area is 121 Å². The number of benzene rings is 1. The van der Waals surface area contributed by atoms with E-state index in [-0.39, 0.29) is 17.5 Å². The predicted molar refractivity (Wildman–Crippen MR) is 71.0 cm³/mol. The largest absolute Gasteiger partial charge is 0.480 e. The van der Waals surface area contributed by atoms with Gasteiger partial charge in [-0.25, -0.2) is 4.98 Å².